The van der Waals surface area contributed by atoms with Gasteiger partial charge in [0.25, 0.3) is 11.8 Å². The van der Waals surface area contributed by atoms with Crippen LogP contribution in [0.1, 0.15) is 22.8 Å². The number of rotatable bonds is 8. The maximum Gasteiger partial charge on any atom is 0.328 e. The van der Waals surface area contributed by atoms with Crippen LogP contribution in [0.15, 0.2) is 54.6 Å². The topological polar surface area (TPSA) is 84.5 Å². The van der Waals surface area contributed by atoms with E-state index in [1.54, 1.807) is 36.4 Å². The fraction of sp³-hybridized carbons (Fsp3) is 0.250. The molecule has 0 aromatic heterocycles. The summed E-state index contributed by atoms with van der Waals surface area (Å²) in [6, 6.07) is 15.0. The Hall–Kier alpha value is -2.86. The molecule has 0 unspecified atom stereocenters. The summed E-state index contributed by atoms with van der Waals surface area (Å²) in [5.74, 6) is -1.47. The molecule has 2 rings (SSSR count). The third-order valence-electron chi connectivity index (χ3n) is 3.71. The number of esters is 1. The van der Waals surface area contributed by atoms with E-state index < -0.39 is 24.5 Å². The Balaban J connectivity index is 1.68. The summed E-state index contributed by atoms with van der Waals surface area (Å²) < 4.78 is 4.94. The van der Waals surface area contributed by atoms with Gasteiger partial charge in [-0.2, -0.15) is 0 Å². The van der Waals surface area contributed by atoms with Crippen molar-refractivity contribution in [2.24, 2.45) is 0 Å². The fourth-order valence-electron chi connectivity index (χ4n) is 2.28. The maximum atomic E-state index is 12.0. The maximum absolute atomic E-state index is 12.0. The highest BCUT2D eigenvalue weighted by atomic mass is 35.5. The van der Waals surface area contributed by atoms with Crippen molar-refractivity contribution in [2.75, 3.05) is 13.2 Å². The van der Waals surface area contributed by atoms with Crippen molar-refractivity contribution < 1.29 is 19.1 Å². The first-order valence-corrected chi connectivity index (χ1v) is 8.87. The van der Waals surface area contributed by atoms with Gasteiger partial charge in [0, 0.05) is 17.1 Å². The molecule has 6 nitrogen and oxygen atoms in total. The van der Waals surface area contributed by atoms with Crippen LogP contribution in [0, 0.1) is 0 Å². The summed E-state index contributed by atoms with van der Waals surface area (Å²) in [6.07, 6.45) is 0.615. The third kappa shape index (κ3) is 7.11. The van der Waals surface area contributed by atoms with Crippen molar-refractivity contribution in [2.45, 2.75) is 19.4 Å². The van der Waals surface area contributed by atoms with Gasteiger partial charge >= 0.3 is 5.97 Å². The second-order valence-corrected chi connectivity index (χ2v) is 6.34. The molecule has 0 bridgehead atoms. The van der Waals surface area contributed by atoms with Crippen LogP contribution in [-0.4, -0.2) is 37.0 Å². The van der Waals surface area contributed by atoms with Crippen molar-refractivity contribution in [1.29, 1.82) is 0 Å². The smallest absolute Gasteiger partial charge is 0.328 e. The van der Waals surface area contributed by atoms with Crippen LogP contribution in [0.5, 0.6) is 0 Å². The predicted octanol–water partition coefficient (Wildman–Crippen LogP) is 2.36. The van der Waals surface area contributed by atoms with Crippen LogP contribution in [0.3, 0.4) is 0 Å². The molecular weight excluding hydrogens is 368 g/mol. The van der Waals surface area contributed by atoms with E-state index in [-0.39, 0.29) is 5.91 Å². The van der Waals surface area contributed by atoms with Gasteiger partial charge in [0.15, 0.2) is 6.61 Å². The van der Waals surface area contributed by atoms with E-state index in [4.69, 9.17) is 16.3 Å². The Bertz CT molecular complexity index is 796. The average molecular weight is 389 g/mol. The van der Waals surface area contributed by atoms with E-state index in [1.165, 1.54) is 6.92 Å². The molecule has 0 aliphatic rings. The summed E-state index contributed by atoms with van der Waals surface area (Å²) >= 11 is 5.90. The molecule has 142 valence electrons. The highest BCUT2D eigenvalue weighted by Crippen LogP contribution is 2.10. The van der Waals surface area contributed by atoms with E-state index in [0.717, 1.165) is 5.56 Å². The minimum absolute atomic E-state index is 0.383. The Morgan fingerprint density at radius 3 is 2.52 bits per heavy atom. The lowest BCUT2D eigenvalue weighted by molar-refractivity contribution is -0.150. The lowest BCUT2D eigenvalue weighted by Crippen LogP contribution is -2.41. The van der Waals surface area contributed by atoms with Crippen molar-refractivity contribution in [3.63, 3.8) is 0 Å². The number of ether oxygens (including phenoxy) is 1. The van der Waals surface area contributed by atoms with Crippen molar-refractivity contribution in [3.05, 3.63) is 70.7 Å². The van der Waals surface area contributed by atoms with Crippen LogP contribution in [0.25, 0.3) is 0 Å². The first-order valence-electron chi connectivity index (χ1n) is 8.49. The lowest BCUT2D eigenvalue weighted by atomic mass is 10.1. The Labute approximate surface area is 162 Å². The number of carbonyl (C=O) groups is 3. The summed E-state index contributed by atoms with van der Waals surface area (Å²) in [6.45, 7) is 1.50. The zero-order chi connectivity index (χ0) is 19.6. The molecule has 2 amide bonds. The molecule has 1 atom stereocenters. The van der Waals surface area contributed by atoms with E-state index in [2.05, 4.69) is 10.6 Å². The molecule has 2 aromatic rings. The minimum Gasteiger partial charge on any atom is -0.454 e. The van der Waals surface area contributed by atoms with Crippen molar-refractivity contribution in [3.8, 4) is 0 Å². The summed E-state index contributed by atoms with van der Waals surface area (Å²) in [5.41, 5.74) is 1.44. The van der Waals surface area contributed by atoms with Gasteiger partial charge < -0.3 is 15.4 Å². The highest BCUT2D eigenvalue weighted by Gasteiger charge is 2.18. The number of carbonyl (C=O) groups excluding carboxylic acids is 3. The van der Waals surface area contributed by atoms with Gasteiger partial charge in [-0.25, -0.2) is 4.79 Å². The summed E-state index contributed by atoms with van der Waals surface area (Å²) in [7, 11) is 0. The molecule has 0 aliphatic heterocycles. The zero-order valence-corrected chi connectivity index (χ0v) is 15.7. The molecular formula is C20H21ClN2O4. The number of halogens is 1. The van der Waals surface area contributed by atoms with Gasteiger partial charge in [-0.3, -0.25) is 9.59 Å². The fourth-order valence-corrected chi connectivity index (χ4v) is 2.49. The van der Waals surface area contributed by atoms with Gasteiger partial charge in [0.05, 0.1) is 0 Å². The molecule has 0 heterocycles. The van der Waals surface area contributed by atoms with Crippen LogP contribution in [0.2, 0.25) is 5.02 Å². The quantitative estimate of drug-likeness (QED) is 0.680. The molecule has 7 heteroatoms. The second-order valence-electron chi connectivity index (χ2n) is 5.90. The number of nitrogens with one attached hydrogen (secondary N) is 2. The van der Waals surface area contributed by atoms with Gasteiger partial charge in [-0.05, 0) is 43.2 Å². The normalized spacial score (nSPS) is 11.3. The molecule has 27 heavy (non-hydrogen) atoms. The number of benzene rings is 2. The van der Waals surface area contributed by atoms with Crippen LogP contribution < -0.4 is 10.6 Å². The number of hydrogen-bond donors (Lipinski definition) is 2. The summed E-state index contributed by atoms with van der Waals surface area (Å²) in [4.78, 5) is 35.7. The standard InChI is InChI=1S/C20H21ClN2O4/c1-14(23-19(25)16-7-3-2-4-8-16)20(26)27-13-18(24)22-11-10-15-6-5-9-17(21)12-15/h2-9,12,14H,10-11,13H2,1H3,(H,22,24)(H,23,25)/t14-/m0/s1. The van der Waals surface area contributed by atoms with E-state index in [9.17, 15) is 14.4 Å². The molecule has 0 spiro atoms. The minimum atomic E-state index is -0.864. The zero-order valence-electron chi connectivity index (χ0n) is 14.9. The summed E-state index contributed by atoms with van der Waals surface area (Å²) in [5, 5.41) is 5.84. The van der Waals surface area contributed by atoms with E-state index in [0.29, 0.717) is 23.6 Å². The SMILES string of the molecule is C[C@H](NC(=O)c1ccccc1)C(=O)OCC(=O)NCCc1cccc(Cl)c1. The molecule has 0 saturated carbocycles. The van der Waals surface area contributed by atoms with Crippen LogP contribution in [0.4, 0.5) is 0 Å². The largest absolute Gasteiger partial charge is 0.454 e. The predicted molar refractivity (Wildman–Crippen MR) is 102 cm³/mol. The third-order valence-corrected chi connectivity index (χ3v) is 3.94. The van der Waals surface area contributed by atoms with Crippen LogP contribution in [-0.2, 0) is 20.7 Å². The lowest BCUT2D eigenvalue weighted by Gasteiger charge is -2.13. The van der Waals surface area contributed by atoms with Crippen LogP contribution >= 0.6 is 11.6 Å². The Kier molecular flexibility index (Phi) is 7.82. The molecule has 0 radical (unpaired) electrons. The molecule has 0 fully saturated rings. The first kappa shape index (κ1) is 20.5. The van der Waals surface area contributed by atoms with Crippen molar-refractivity contribution >= 4 is 29.4 Å². The number of amides is 2. The van der Waals surface area contributed by atoms with Gasteiger partial charge in [0.2, 0.25) is 0 Å². The number of hydrogen-bond acceptors (Lipinski definition) is 4. The molecule has 2 aromatic carbocycles. The molecule has 2 N–H and O–H groups in total. The van der Waals surface area contributed by atoms with E-state index >= 15 is 0 Å². The highest BCUT2D eigenvalue weighted by molar-refractivity contribution is 6.30. The average Bonchev–Trinajstić information content (AvgIpc) is 2.66. The van der Waals surface area contributed by atoms with Gasteiger partial charge in [-0.15, -0.1) is 0 Å². The molecule has 0 aliphatic carbocycles. The Morgan fingerprint density at radius 2 is 1.81 bits per heavy atom. The monoisotopic (exact) mass is 388 g/mol. The first-order chi connectivity index (χ1) is 13.0. The Morgan fingerprint density at radius 1 is 1.07 bits per heavy atom. The van der Waals surface area contributed by atoms with Crippen molar-refractivity contribution in [1.82, 2.24) is 10.6 Å². The van der Waals surface area contributed by atoms with Gasteiger partial charge in [0.1, 0.15) is 6.04 Å². The van der Waals surface area contributed by atoms with E-state index in [1.807, 2.05) is 18.2 Å². The molecule has 0 saturated heterocycles. The second kappa shape index (κ2) is 10.3. The van der Waals surface area contributed by atoms with Gasteiger partial charge in [-0.1, -0.05) is 41.9 Å².